The van der Waals surface area contributed by atoms with E-state index in [0.717, 1.165) is 4.44 Å². The topological polar surface area (TPSA) is 20.2 Å². The van der Waals surface area contributed by atoms with Crippen LogP contribution in [0.25, 0.3) is 0 Å². The molecule has 12 heavy (non-hydrogen) atoms. The molecule has 1 aromatic rings. The van der Waals surface area contributed by atoms with Crippen LogP contribution in [-0.4, -0.2) is 25.2 Å². The summed E-state index contributed by atoms with van der Waals surface area (Å²) in [6, 6.07) is 4.03. The minimum atomic E-state index is -0.820. The Morgan fingerprint density at radius 3 is 2.92 bits per heavy atom. The van der Waals surface area contributed by atoms with Gasteiger partial charge in [-0.1, -0.05) is 0 Å². The molecular formula is C10H12OSe. The molecule has 0 spiro atoms. The van der Waals surface area contributed by atoms with E-state index in [1.165, 1.54) is 0 Å². The van der Waals surface area contributed by atoms with Crippen molar-refractivity contribution in [1.29, 1.82) is 0 Å². The summed E-state index contributed by atoms with van der Waals surface area (Å²) in [4.78, 5) is 2.12. The second-order valence-corrected chi connectivity index (χ2v) is 4.84. The molecule has 64 valence electrons. The fourth-order valence-electron chi connectivity index (χ4n) is 0.634. The first kappa shape index (κ1) is 9.61. The number of hydrogen-bond donors (Lipinski definition) is 1. The third-order valence-electron chi connectivity index (χ3n) is 1.66. The molecule has 1 N–H and O–H groups in total. The molecule has 1 atom stereocenters. The molecule has 0 fully saturated rings. The Hall–Kier alpha value is -0.481. The van der Waals surface area contributed by atoms with Crippen molar-refractivity contribution in [3.05, 3.63) is 21.5 Å². The molecule has 0 radical (unpaired) electrons. The summed E-state index contributed by atoms with van der Waals surface area (Å²) in [5.74, 6) is 5.86. The molecule has 0 amide bonds. The molecule has 0 aliphatic heterocycles. The van der Waals surface area contributed by atoms with Crippen LogP contribution in [0.15, 0.2) is 17.1 Å². The zero-order valence-corrected chi connectivity index (χ0v) is 9.01. The first-order valence-corrected chi connectivity index (χ1v) is 5.78. The van der Waals surface area contributed by atoms with Gasteiger partial charge in [-0.15, -0.1) is 0 Å². The standard InChI is InChI=1S/C10H12OSe/c1-3-10(2,11)7-6-9-5-4-8-12-9/h4-5,8,11H,3H2,1-2H3. The molecule has 1 nitrogen and oxygen atoms in total. The molecular weight excluding hydrogens is 215 g/mol. The Bertz CT molecular complexity index is 287. The maximum absolute atomic E-state index is 9.57. The molecule has 1 aromatic heterocycles. The molecule has 0 aliphatic rings. The summed E-state index contributed by atoms with van der Waals surface area (Å²) in [6.07, 6.45) is 0.674. The fraction of sp³-hybridized carbons (Fsp3) is 0.400. The maximum atomic E-state index is 9.57. The number of rotatable bonds is 1. The van der Waals surface area contributed by atoms with E-state index in [1.54, 1.807) is 6.92 Å². The SMILES string of the molecule is CCC(C)(O)C#Cc1ccc[se]1. The quantitative estimate of drug-likeness (QED) is 0.565. The predicted octanol–water partition coefficient (Wildman–Crippen LogP) is 1.26. The van der Waals surface area contributed by atoms with Crippen LogP contribution >= 0.6 is 0 Å². The van der Waals surface area contributed by atoms with E-state index in [2.05, 4.69) is 16.8 Å². The van der Waals surface area contributed by atoms with Crippen LogP contribution in [-0.2, 0) is 0 Å². The summed E-state index contributed by atoms with van der Waals surface area (Å²) >= 11 is 0.400. The van der Waals surface area contributed by atoms with E-state index < -0.39 is 5.60 Å². The zero-order chi connectivity index (χ0) is 9.03. The molecule has 1 rings (SSSR count). The van der Waals surface area contributed by atoms with Gasteiger partial charge in [-0.05, 0) is 0 Å². The van der Waals surface area contributed by atoms with Crippen LogP contribution in [0, 0.1) is 11.8 Å². The van der Waals surface area contributed by atoms with Gasteiger partial charge in [0.05, 0.1) is 0 Å². The van der Waals surface area contributed by atoms with Crippen molar-refractivity contribution < 1.29 is 5.11 Å². The normalized spacial score (nSPS) is 14.6. The van der Waals surface area contributed by atoms with Gasteiger partial charge < -0.3 is 0 Å². The third-order valence-corrected chi connectivity index (χ3v) is 3.31. The van der Waals surface area contributed by atoms with E-state index in [9.17, 15) is 5.11 Å². The second kappa shape index (κ2) is 3.96. The van der Waals surface area contributed by atoms with Crippen molar-refractivity contribution in [2.24, 2.45) is 0 Å². The van der Waals surface area contributed by atoms with E-state index >= 15 is 0 Å². The Morgan fingerprint density at radius 2 is 2.42 bits per heavy atom. The summed E-state index contributed by atoms with van der Waals surface area (Å²) in [6.45, 7) is 3.68. The predicted molar refractivity (Wildman–Crippen MR) is 51.2 cm³/mol. The van der Waals surface area contributed by atoms with E-state index in [0.29, 0.717) is 20.9 Å². The van der Waals surface area contributed by atoms with Crippen molar-refractivity contribution >= 4 is 14.5 Å². The number of aliphatic hydroxyl groups is 1. The van der Waals surface area contributed by atoms with Crippen LogP contribution in [0.2, 0.25) is 0 Å². The molecule has 1 heterocycles. The molecule has 0 aliphatic carbocycles. The van der Waals surface area contributed by atoms with Gasteiger partial charge in [-0.25, -0.2) is 0 Å². The van der Waals surface area contributed by atoms with Crippen molar-refractivity contribution in [1.82, 2.24) is 0 Å². The zero-order valence-electron chi connectivity index (χ0n) is 7.29. The van der Waals surface area contributed by atoms with Crippen molar-refractivity contribution in [3.63, 3.8) is 0 Å². The first-order valence-electron chi connectivity index (χ1n) is 3.93. The monoisotopic (exact) mass is 228 g/mol. The van der Waals surface area contributed by atoms with Gasteiger partial charge in [0.15, 0.2) is 0 Å². The van der Waals surface area contributed by atoms with Gasteiger partial charge >= 0.3 is 78.8 Å². The minimum absolute atomic E-state index is 0.400. The Balaban J connectivity index is 2.72. The Morgan fingerprint density at radius 1 is 1.67 bits per heavy atom. The van der Waals surface area contributed by atoms with Crippen LogP contribution in [0.1, 0.15) is 24.7 Å². The summed E-state index contributed by atoms with van der Waals surface area (Å²) in [7, 11) is 0. The number of hydrogen-bond acceptors (Lipinski definition) is 1. The molecule has 0 saturated carbocycles. The van der Waals surface area contributed by atoms with E-state index in [-0.39, 0.29) is 0 Å². The van der Waals surface area contributed by atoms with Gasteiger partial charge in [0.1, 0.15) is 0 Å². The van der Waals surface area contributed by atoms with Gasteiger partial charge in [-0.3, -0.25) is 0 Å². The van der Waals surface area contributed by atoms with Gasteiger partial charge in [0.2, 0.25) is 0 Å². The summed E-state index contributed by atoms with van der Waals surface area (Å²) in [5, 5.41) is 9.57. The Labute approximate surface area is 79.2 Å². The third kappa shape index (κ3) is 2.87. The molecule has 0 bridgehead atoms. The van der Waals surface area contributed by atoms with Crippen molar-refractivity contribution in [2.75, 3.05) is 0 Å². The molecule has 0 saturated heterocycles. The second-order valence-electron chi connectivity index (χ2n) is 2.85. The van der Waals surface area contributed by atoms with Crippen LogP contribution in [0.5, 0.6) is 0 Å². The van der Waals surface area contributed by atoms with E-state index in [1.807, 2.05) is 19.1 Å². The van der Waals surface area contributed by atoms with E-state index in [4.69, 9.17) is 0 Å². The molecule has 0 aromatic carbocycles. The average Bonchev–Trinajstić information content (AvgIpc) is 2.53. The molecule has 1 unspecified atom stereocenters. The van der Waals surface area contributed by atoms with Crippen molar-refractivity contribution in [2.45, 2.75) is 25.9 Å². The summed E-state index contributed by atoms with van der Waals surface area (Å²) in [5.41, 5.74) is -0.820. The first-order chi connectivity index (χ1) is 5.64. The average molecular weight is 227 g/mol. The van der Waals surface area contributed by atoms with Gasteiger partial charge in [-0.2, -0.15) is 0 Å². The van der Waals surface area contributed by atoms with Crippen LogP contribution in [0.4, 0.5) is 0 Å². The van der Waals surface area contributed by atoms with Crippen molar-refractivity contribution in [3.8, 4) is 11.8 Å². The van der Waals surface area contributed by atoms with Crippen LogP contribution in [0.3, 0.4) is 0 Å². The van der Waals surface area contributed by atoms with Gasteiger partial charge in [0.25, 0.3) is 0 Å². The summed E-state index contributed by atoms with van der Waals surface area (Å²) < 4.78 is 1.15. The fourth-order valence-corrected chi connectivity index (χ4v) is 1.83. The van der Waals surface area contributed by atoms with Crippen LogP contribution < -0.4 is 0 Å². The molecule has 2 heteroatoms. The Kier molecular flexibility index (Phi) is 3.17. The van der Waals surface area contributed by atoms with Gasteiger partial charge in [0, 0.05) is 0 Å².